The molecule has 146 valence electrons. The van der Waals surface area contributed by atoms with Crippen molar-refractivity contribution in [1.82, 2.24) is 10.5 Å². The van der Waals surface area contributed by atoms with Gasteiger partial charge in [0.25, 0.3) is 5.91 Å². The summed E-state index contributed by atoms with van der Waals surface area (Å²) in [6.45, 7) is 3.99. The maximum absolute atomic E-state index is 12.4. The second kappa shape index (κ2) is 8.80. The van der Waals surface area contributed by atoms with Crippen molar-refractivity contribution >= 4 is 17.5 Å². The van der Waals surface area contributed by atoms with Gasteiger partial charge in [-0.25, -0.2) is 0 Å². The summed E-state index contributed by atoms with van der Waals surface area (Å²) < 4.78 is 16.2. The van der Waals surface area contributed by atoms with E-state index in [1.165, 1.54) is 0 Å². The van der Waals surface area contributed by atoms with E-state index in [1.807, 2.05) is 44.2 Å². The fourth-order valence-corrected chi connectivity index (χ4v) is 2.76. The highest BCUT2D eigenvalue weighted by Gasteiger charge is 2.16. The van der Waals surface area contributed by atoms with Gasteiger partial charge in [-0.2, -0.15) is 0 Å². The summed E-state index contributed by atoms with van der Waals surface area (Å²) in [5.41, 5.74) is 2.20. The number of rotatable bonds is 7. The van der Waals surface area contributed by atoms with Gasteiger partial charge in [-0.15, -0.1) is 0 Å². The first-order valence-electron chi connectivity index (χ1n) is 8.75. The van der Waals surface area contributed by atoms with Gasteiger partial charge in [0.2, 0.25) is 0 Å². The smallest absolute Gasteiger partial charge is 0.273 e. The summed E-state index contributed by atoms with van der Waals surface area (Å²) in [5, 5.41) is 7.35. The van der Waals surface area contributed by atoms with Crippen molar-refractivity contribution in [2.45, 2.75) is 26.5 Å². The van der Waals surface area contributed by atoms with Crippen LogP contribution in [0.15, 0.2) is 53.1 Å². The van der Waals surface area contributed by atoms with E-state index in [2.05, 4.69) is 10.5 Å². The van der Waals surface area contributed by atoms with E-state index in [1.54, 1.807) is 25.3 Å². The molecule has 7 heteroatoms. The summed E-state index contributed by atoms with van der Waals surface area (Å²) in [6, 6.07) is 14.3. The highest BCUT2D eigenvalue weighted by atomic mass is 35.5. The molecule has 0 saturated heterocycles. The number of carbonyl (C=O) groups is 1. The van der Waals surface area contributed by atoms with Crippen molar-refractivity contribution in [2.75, 3.05) is 7.11 Å². The highest BCUT2D eigenvalue weighted by molar-refractivity contribution is 6.30. The zero-order chi connectivity index (χ0) is 20.1. The van der Waals surface area contributed by atoms with Crippen molar-refractivity contribution in [1.29, 1.82) is 0 Å². The number of aryl methyl sites for hydroxylation is 1. The zero-order valence-electron chi connectivity index (χ0n) is 15.9. The van der Waals surface area contributed by atoms with Crippen LogP contribution < -0.4 is 14.8 Å². The summed E-state index contributed by atoms with van der Waals surface area (Å²) in [4.78, 5) is 12.4. The molecule has 1 N–H and O–H groups in total. The first-order valence-corrected chi connectivity index (χ1v) is 9.13. The highest BCUT2D eigenvalue weighted by Crippen LogP contribution is 2.28. The van der Waals surface area contributed by atoms with Gasteiger partial charge >= 0.3 is 0 Å². The van der Waals surface area contributed by atoms with Gasteiger partial charge in [0.1, 0.15) is 6.61 Å². The average molecular weight is 401 g/mol. The van der Waals surface area contributed by atoms with Gasteiger partial charge in [0, 0.05) is 11.1 Å². The third-order valence-electron chi connectivity index (χ3n) is 4.20. The van der Waals surface area contributed by atoms with Gasteiger partial charge < -0.3 is 19.3 Å². The van der Waals surface area contributed by atoms with Crippen LogP contribution in [-0.2, 0) is 6.61 Å². The number of amides is 1. The molecule has 0 aliphatic carbocycles. The Kier molecular flexibility index (Phi) is 6.21. The van der Waals surface area contributed by atoms with Crippen LogP contribution >= 0.6 is 11.6 Å². The normalized spacial score (nSPS) is 11.7. The maximum atomic E-state index is 12.4. The number of hydrogen-bond acceptors (Lipinski definition) is 5. The molecular weight excluding hydrogens is 380 g/mol. The van der Waals surface area contributed by atoms with E-state index >= 15 is 0 Å². The summed E-state index contributed by atoms with van der Waals surface area (Å²) >= 11 is 5.89. The second-order valence-electron chi connectivity index (χ2n) is 6.37. The molecule has 1 atom stereocenters. The van der Waals surface area contributed by atoms with E-state index in [0.29, 0.717) is 22.3 Å². The number of benzene rings is 2. The van der Waals surface area contributed by atoms with Crippen LogP contribution in [0.2, 0.25) is 5.02 Å². The van der Waals surface area contributed by atoms with E-state index in [9.17, 15) is 4.79 Å². The molecule has 2 aromatic carbocycles. The quantitative estimate of drug-likeness (QED) is 0.621. The number of nitrogens with zero attached hydrogens (tertiary/aromatic N) is 1. The molecule has 0 aliphatic heterocycles. The van der Waals surface area contributed by atoms with Crippen molar-refractivity contribution in [2.24, 2.45) is 0 Å². The van der Waals surface area contributed by atoms with Gasteiger partial charge in [0.05, 0.1) is 13.2 Å². The standard InChI is InChI=1S/C21H21ClN2O4/c1-13-4-9-19(20(10-13)26-3)27-12-17-11-18(24-28-17)21(25)23-14(2)15-5-7-16(22)8-6-15/h4-11,14H,12H2,1-3H3,(H,23,25). The Morgan fingerprint density at radius 3 is 2.64 bits per heavy atom. The minimum absolute atomic E-state index is 0.131. The van der Waals surface area contributed by atoms with Crippen molar-refractivity contribution < 1.29 is 18.8 Å². The van der Waals surface area contributed by atoms with E-state index in [4.69, 9.17) is 25.6 Å². The molecule has 0 aliphatic rings. The predicted molar refractivity (Wildman–Crippen MR) is 106 cm³/mol. The Morgan fingerprint density at radius 2 is 1.93 bits per heavy atom. The van der Waals surface area contributed by atoms with E-state index < -0.39 is 0 Å². The Morgan fingerprint density at radius 1 is 1.18 bits per heavy atom. The fraction of sp³-hybridized carbons (Fsp3) is 0.238. The Labute approximate surface area is 168 Å². The number of halogens is 1. The topological polar surface area (TPSA) is 73.6 Å². The van der Waals surface area contributed by atoms with Crippen LogP contribution in [0.1, 0.15) is 40.3 Å². The molecule has 0 bridgehead atoms. The van der Waals surface area contributed by atoms with Gasteiger partial charge in [-0.3, -0.25) is 4.79 Å². The minimum Gasteiger partial charge on any atom is -0.493 e. The molecule has 0 spiro atoms. The Bertz CT molecular complexity index is 953. The molecule has 0 saturated carbocycles. The van der Waals surface area contributed by atoms with E-state index in [-0.39, 0.29) is 24.2 Å². The molecule has 1 unspecified atom stereocenters. The van der Waals surface area contributed by atoms with Crippen LogP contribution in [0.4, 0.5) is 0 Å². The molecule has 3 rings (SSSR count). The molecule has 3 aromatic rings. The van der Waals surface area contributed by atoms with Gasteiger partial charge in [-0.05, 0) is 49.2 Å². The zero-order valence-corrected chi connectivity index (χ0v) is 16.6. The number of nitrogens with one attached hydrogen (secondary N) is 1. The fourth-order valence-electron chi connectivity index (χ4n) is 2.64. The first-order chi connectivity index (χ1) is 13.5. The lowest BCUT2D eigenvalue weighted by Gasteiger charge is -2.13. The van der Waals surface area contributed by atoms with Crippen molar-refractivity contribution in [3.8, 4) is 11.5 Å². The van der Waals surface area contributed by atoms with Crippen LogP contribution in [0.25, 0.3) is 0 Å². The Hall–Kier alpha value is -2.99. The molecule has 0 fully saturated rings. The number of methoxy groups -OCH3 is 1. The van der Waals surface area contributed by atoms with E-state index in [0.717, 1.165) is 11.1 Å². The van der Waals surface area contributed by atoms with Gasteiger partial charge in [-0.1, -0.05) is 35.0 Å². The lowest BCUT2D eigenvalue weighted by atomic mass is 10.1. The number of aromatic nitrogens is 1. The number of ether oxygens (including phenoxy) is 2. The lowest BCUT2D eigenvalue weighted by molar-refractivity contribution is 0.0930. The maximum Gasteiger partial charge on any atom is 0.273 e. The summed E-state index contributed by atoms with van der Waals surface area (Å²) in [5.74, 6) is 1.33. The molecule has 6 nitrogen and oxygen atoms in total. The van der Waals surface area contributed by atoms with Crippen molar-refractivity contribution in [3.05, 3.63) is 76.1 Å². The first kappa shape index (κ1) is 19.8. The molecule has 1 amide bonds. The number of hydrogen-bond donors (Lipinski definition) is 1. The predicted octanol–water partition coefficient (Wildman–Crippen LogP) is 4.72. The lowest BCUT2D eigenvalue weighted by Crippen LogP contribution is -2.26. The largest absolute Gasteiger partial charge is 0.493 e. The SMILES string of the molecule is COc1cc(C)ccc1OCc1cc(C(=O)NC(C)c2ccc(Cl)cc2)no1. The van der Waals surface area contributed by atoms with Crippen LogP contribution in [0.5, 0.6) is 11.5 Å². The van der Waals surface area contributed by atoms with Crippen LogP contribution in [0.3, 0.4) is 0 Å². The minimum atomic E-state index is -0.328. The van der Waals surface area contributed by atoms with Crippen LogP contribution in [-0.4, -0.2) is 18.2 Å². The summed E-state index contributed by atoms with van der Waals surface area (Å²) in [7, 11) is 1.58. The monoisotopic (exact) mass is 400 g/mol. The van der Waals surface area contributed by atoms with Gasteiger partial charge in [0.15, 0.2) is 23.0 Å². The Balaban J connectivity index is 1.60. The molecule has 1 heterocycles. The third kappa shape index (κ3) is 4.84. The molecule has 1 aromatic heterocycles. The average Bonchev–Trinajstić information content (AvgIpc) is 3.16. The number of carbonyl (C=O) groups excluding carboxylic acids is 1. The molecular formula is C21H21ClN2O4. The molecule has 0 radical (unpaired) electrons. The van der Waals surface area contributed by atoms with Crippen molar-refractivity contribution in [3.63, 3.8) is 0 Å². The summed E-state index contributed by atoms with van der Waals surface area (Å²) in [6.07, 6.45) is 0. The second-order valence-corrected chi connectivity index (χ2v) is 6.80. The van der Waals surface area contributed by atoms with Crippen LogP contribution in [0, 0.1) is 6.92 Å². The third-order valence-corrected chi connectivity index (χ3v) is 4.45. The molecule has 28 heavy (non-hydrogen) atoms.